The molecule has 10 rings (SSSR count). The summed E-state index contributed by atoms with van der Waals surface area (Å²) in [7, 11) is 2.62. The Labute approximate surface area is 382 Å². The van der Waals surface area contributed by atoms with Crippen molar-refractivity contribution >= 4 is 34.8 Å². The van der Waals surface area contributed by atoms with Crippen molar-refractivity contribution in [2.24, 2.45) is 11.8 Å². The molecule has 0 spiro atoms. The van der Waals surface area contributed by atoms with Gasteiger partial charge in [0.25, 0.3) is 0 Å². The molecule has 4 N–H and O–H groups in total. The monoisotopic (exact) mass is 900 g/mol. The van der Waals surface area contributed by atoms with Crippen LogP contribution in [0.1, 0.15) is 80.7 Å². The fraction of sp³-hybridized carbons (Fsp3) is 0.469. The number of fused-ring (bicyclic) bond motifs is 5. The first-order valence-corrected chi connectivity index (χ1v) is 23.2. The van der Waals surface area contributed by atoms with Gasteiger partial charge in [0.05, 0.1) is 50.1 Å². The van der Waals surface area contributed by atoms with E-state index in [2.05, 4.69) is 69.1 Å². The molecule has 4 saturated heterocycles. The number of hydrogen-bond acceptors (Lipinski definition) is 11. The lowest BCUT2D eigenvalue weighted by molar-refractivity contribution is -0.137. The van der Waals surface area contributed by atoms with Crippen LogP contribution >= 0.6 is 0 Å². The summed E-state index contributed by atoms with van der Waals surface area (Å²) in [5.74, 6) is 1.95. The molecule has 4 atom stereocenters. The summed E-state index contributed by atoms with van der Waals surface area (Å²) in [5, 5.41) is 7.68. The fourth-order valence-corrected chi connectivity index (χ4v) is 10.7. The minimum atomic E-state index is -0.696. The molecule has 5 aliphatic heterocycles. The molecule has 0 aliphatic carbocycles. The van der Waals surface area contributed by atoms with Crippen LogP contribution in [-0.4, -0.2) is 120 Å². The van der Waals surface area contributed by atoms with Crippen molar-refractivity contribution in [3.63, 3.8) is 0 Å². The molecule has 4 amide bonds. The Hall–Kier alpha value is -6.46. The second-order valence-electron chi connectivity index (χ2n) is 17.9. The van der Waals surface area contributed by atoms with E-state index in [1.165, 1.54) is 14.2 Å². The van der Waals surface area contributed by atoms with Gasteiger partial charge in [0, 0.05) is 56.0 Å². The zero-order chi connectivity index (χ0) is 45.3. The van der Waals surface area contributed by atoms with Crippen molar-refractivity contribution in [1.29, 1.82) is 0 Å². The number of carbonyl (C=O) groups is 4. The molecule has 0 radical (unpaired) electrons. The molecular weight excluding hydrogens is 845 g/mol. The van der Waals surface area contributed by atoms with E-state index in [1.807, 2.05) is 22.2 Å². The Balaban J connectivity index is 0.840. The van der Waals surface area contributed by atoms with Crippen LogP contribution in [0.25, 0.3) is 44.4 Å². The summed E-state index contributed by atoms with van der Waals surface area (Å²) in [6.45, 7) is 3.77. The molecule has 3 aromatic carbocycles. The Morgan fingerprint density at radius 3 is 1.73 bits per heavy atom. The molecule has 7 heterocycles. The average Bonchev–Trinajstić information content (AvgIpc) is 4.22. The molecule has 5 aliphatic rings. The van der Waals surface area contributed by atoms with Crippen LogP contribution in [-0.2, 0) is 35.1 Å². The third-order valence-corrected chi connectivity index (χ3v) is 14.2. The first-order chi connectivity index (χ1) is 32.3. The lowest BCUT2D eigenvalue weighted by Crippen LogP contribution is -2.53. The molecule has 346 valence electrons. The number of H-pyrrole nitrogens is 2. The first kappa shape index (κ1) is 43.4. The van der Waals surface area contributed by atoms with Gasteiger partial charge in [-0.15, -0.1) is 0 Å². The van der Waals surface area contributed by atoms with Gasteiger partial charge in [0.15, 0.2) is 0 Å². The van der Waals surface area contributed by atoms with Crippen LogP contribution in [0.15, 0.2) is 60.9 Å². The van der Waals surface area contributed by atoms with Crippen molar-refractivity contribution in [2.45, 2.75) is 82.1 Å². The minimum Gasteiger partial charge on any atom is -0.488 e. The maximum atomic E-state index is 14.1. The second-order valence-corrected chi connectivity index (χ2v) is 17.9. The number of aromatic nitrogens is 4. The van der Waals surface area contributed by atoms with Crippen LogP contribution in [0.5, 0.6) is 5.75 Å². The van der Waals surface area contributed by atoms with E-state index in [0.29, 0.717) is 71.8 Å². The van der Waals surface area contributed by atoms with E-state index in [1.54, 1.807) is 0 Å². The summed E-state index contributed by atoms with van der Waals surface area (Å²) in [4.78, 5) is 73.1. The van der Waals surface area contributed by atoms with Crippen molar-refractivity contribution in [3.8, 4) is 39.4 Å². The number of aromatic amines is 2. The van der Waals surface area contributed by atoms with Crippen molar-refractivity contribution in [1.82, 2.24) is 40.4 Å². The molecule has 4 fully saturated rings. The van der Waals surface area contributed by atoms with E-state index in [0.717, 1.165) is 93.1 Å². The van der Waals surface area contributed by atoms with Gasteiger partial charge < -0.3 is 54.1 Å². The van der Waals surface area contributed by atoms with Gasteiger partial charge >= 0.3 is 12.2 Å². The van der Waals surface area contributed by atoms with Crippen LogP contribution in [0.3, 0.4) is 0 Å². The molecule has 66 heavy (non-hydrogen) atoms. The molecule has 0 saturated carbocycles. The van der Waals surface area contributed by atoms with Gasteiger partial charge in [-0.05, 0) is 103 Å². The van der Waals surface area contributed by atoms with E-state index < -0.39 is 24.3 Å². The lowest BCUT2D eigenvalue weighted by atomic mass is 9.90. The summed E-state index contributed by atoms with van der Waals surface area (Å²) in [5.41, 5.74) is 6.80. The standard InChI is InChI=1S/C49H56N8O9/c1-62-48(60)54-41(28-13-19-64-20-14-28)46(58)56-17-3-5-39(56)44-50-25-37(52-44)31-9-11-35-30(23-31)7-12-36-34-10-8-32(24-33(34)27-66-43(35)36)38-26-51-45(53-38)40-6-4-18-57(40)47(59)42(55-49(61)63-2)29-15-21-65-22-16-29/h7-12,23-26,28-29,39-42H,3-6,13-22,27H2,1-2H3,(H,50,52)(H,51,53)(H,54,60)(H,55,61). The van der Waals surface area contributed by atoms with Crippen LogP contribution in [0.4, 0.5) is 9.59 Å². The van der Waals surface area contributed by atoms with Gasteiger partial charge in [-0.25, -0.2) is 19.6 Å². The number of methoxy groups -OCH3 is 2. The SMILES string of the molecule is COC(=O)NC(C(=O)N1CCCC1c1ncc(-c2ccc3c(c2)COc2c-3ccc3cc(-c4cnc(C5CCCN5C(=O)C(NC(=O)OC)C5CCOCC5)[nH]4)ccc23)[nH]1)C1CCOCC1. The molecule has 5 aromatic rings. The van der Waals surface area contributed by atoms with Gasteiger partial charge in [0.1, 0.15) is 36.1 Å². The first-order valence-electron chi connectivity index (χ1n) is 23.2. The number of benzene rings is 3. The minimum absolute atomic E-state index is 0.0376. The number of carbonyl (C=O) groups excluding carboxylic acids is 4. The predicted octanol–water partition coefficient (Wildman–Crippen LogP) is 6.81. The third kappa shape index (κ3) is 8.45. The molecule has 4 unspecified atom stereocenters. The normalized spacial score (nSPS) is 20.8. The van der Waals surface area contributed by atoms with E-state index >= 15 is 0 Å². The fourth-order valence-electron chi connectivity index (χ4n) is 10.7. The number of nitrogens with zero attached hydrogens (tertiary/aromatic N) is 4. The topological polar surface area (TPSA) is 202 Å². The molecule has 17 nitrogen and oxygen atoms in total. The lowest BCUT2D eigenvalue weighted by Gasteiger charge is -2.34. The molecule has 17 heteroatoms. The highest BCUT2D eigenvalue weighted by molar-refractivity contribution is 5.98. The van der Waals surface area contributed by atoms with Gasteiger partial charge in [0.2, 0.25) is 11.8 Å². The van der Waals surface area contributed by atoms with Crippen LogP contribution < -0.4 is 15.4 Å². The van der Waals surface area contributed by atoms with Crippen LogP contribution in [0.2, 0.25) is 0 Å². The predicted molar refractivity (Wildman–Crippen MR) is 242 cm³/mol. The maximum Gasteiger partial charge on any atom is 0.407 e. The van der Waals surface area contributed by atoms with E-state index in [-0.39, 0.29) is 35.7 Å². The zero-order valence-corrected chi connectivity index (χ0v) is 37.3. The smallest absolute Gasteiger partial charge is 0.407 e. The molecule has 0 bridgehead atoms. The van der Waals surface area contributed by atoms with Crippen molar-refractivity contribution in [2.75, 3.05) is 53.7 Å². The third-order valence-electron chi connectivity index (χ3n) is 14.2. The number of likely N-dealkylation sites (tertiary alicyclic amines) is 2. The molecular formula is C49H56N8O9. The zero-order valence-electron chi connectivity index (χ0n) is 37.3. The van der Waals surface area contributed by atoms with Crippen molar-refractivity contribution in [3.05, 3.63) is 78.1 Å². The number of alkyl carbamates (subject to hydrolysis) is 2. The quantitative estimate of drug-likeness (QED) is 0.115. The maximum absolute atomic E-state index is 14.1. The highest BCUT2D eigenvalue weighted by Gasteiger charge is 2.42. The van der Waals surface area contributed by atoms with Crippen molar-refractivity contribution < 1.29 is 42.9 Å². The number of amides is 4. The summed E-state index contributed by atoms with van der Waals surface area (Å²) < 4.78 is 27.4. The average molecular weight is 901 g/mol. The number of imidazole rings is 2. The highest BCUT2D eigenvalue weighted by atomic mass is 16.5. The molecule has 2 aromatic heterocycles. The summed E-state index contributed by atoms with van der Waals surface area (Å²) in [6.07, 6.45) is 8.36. The number of hydrogen-bond donors (Lipinski definition) is 4. The number of rotatable bonds is 10. The Kier molecular flexibility index (Phi) is 12.4. The Morgan fingerprint density at radius 1 is 0.667 bits per heavy atom. The summed E-state index contributed by atoms with van der Waals surface area (Å²) in [6, 6.07) is 15.0. The van der Waals surface area contributed by atoms with E-state index in [4.69, 9.17) is 33.7 Å². The van der Waals surface area contributed by atoms with Gasteiger partial charge in [-0.2, -0.15) is 0 Å². The largest absolute Gasteiger partial charge is 0.488 e. The van der Waals surface area contributed by atoms with E-state index in [9.17, 15) is 19.2 Å². The number of ether oxygens (including phenoxy) is 5. The summed E-state index contributed by atoms with van der Waals surface area (Å²) >= 11 is 0. The second kappa shape index (κ2) is 18.8. The highest BCUT2D eigenvalue weighted by Crippen LogP contribution is 2.44. The van der Waals surface area contributed by atoms with Gasteiger partial charge in [-0.3, -0.25) is 9.59 Å². The number of nitrogens with one attached hydrogen (secondary N) is 4. The Morgan fingerprint density at radius 2 is 1.18 bits per heavy atom. The van der Waals surface area contributed by atoms with Crippen LogP contribution in [0, 0.1) is 11.8 Å². The van der Waals surface area contributed by atoms with Gasteiger partial charge in [-0.1, -0.05) is 30.3 Å². The Bertz CT molecular complexity index is 2620.